The van der Waals surface area contributed by atoms with Gasteiger partial charge < -0.3 is 5.26 Å². The molecule has 0 radical (unpaired) electrons. The fourth-order valence-corrected chi connectivity index (χ4v) is 5.29. The SMILES string of the molecule is Cc1ccc([S+](c2ccc(C)cc2)c2ccc(C)cc2)cc1.[O-]OOSC(F)(F)C(F)(F)C(F)(F)C(F)(F)F. The van der Waals surface area contributed by atoms with Crippen molar-refractivity contribution < 1.29 is 54.1 Å². The Morgan fingerprint density at radius 3 is 1.13 bits per heavy atom. The molecule has 0 saturated carbocycles. The first-order chi connectivity index (χ1) is 17.9. The van der Waals surface area contributed by atoms with Crippen molar-refractivity contribution in [3.63, 3.8) is 0 Å². The van der Waals surface area contributed by atoms with E-state index in [9.17, 15) is 39.5 Å². The van der Waals surface area contributed by atoms with Gasteiger partial charge in [-0.05, 0) is 57.2 Å². The molecule has 0 aliphatic heterocycles. The predicted octanol–water partition coefficient (Wildman–Crippen LogP) is 7.99. The van der Waals surface area contributed by atoms with Gasteiger partial charge >= 0.3 is 23.3 Å². The first-order valence-electron chi connectivity index (χ1n) is 10.7. The van der Waals surface area contributed by atoms with Crippen molar-refractivity contribution in [1.82, 2.24) is 0 Å². The minimum atomic E-state index is -7.03. The van der Waals surface area contributed by atoms with Gasteiger partial charge in [0.2, 0.25) is 0 Å². The Morgan fingerprint density at radius 1 is 0.564 bits per heavy atom. The van der Waals surface area contributed by atoms with Crippen molar-refractivity contribution >= 4 is 22.9 Å². The lowest BCUT2D eigenvalue weighted by atomic mass is 10.1. The summed E-state index contributed by atoms with van der Waals surface area (Å²) >= 11 is -1.97. The van der Waals surface area contributed by atoms with Crippen molar-refractivity contribution in [2.75, 3.05) is 0 Å². The summed E-state index contributed by atoms with van der Waals surface area (Å²) in [4.78, 5) is 4.12. The number of hydrogen-bond acceptors (Lipinski definition) is 4. The van der Waals surface area contributed by atoms with E-state index in [4.69, 9.17) is 5.26 Å². The summed E-state index contributed by atoms with van der Waals surface area (Å²) < 4.78 is 110. The van der Waals surface area contributed by atoms with Crippen LogP contribution in [-0.4, -0.2) is 23.3 Å². The van der Waals surface area contributed by atoms with Gasteiger partial charge in [0.15, 0.2) is 14.7 Å². The predicted molar refractivity (Wildman–Crippen MR) is 126 cm³/mol. The third-order valence-corrected chi connectivity index (χ3v) is 7.87. The van der Waals surface area contributed by atoms with Crippen LogP contribution in [0.3, 0.4) is 0 Å². The Kier molecular flexibility index (Phi) is 10.8. The average molecular weight is 605 g/mol. The van der Waals surface area contributed by atoms with E-state index < -0.39 is 35.3 Å². The van der Waals surface area contributed by atoms with E-state index in [1.165, 1.54) is 31.4 Å². The molecule has 0 saturated heterocycles. The molecule has 0 spiro atoms. The highest BCUT2D eigenvalue weighted by atomic mass is 32.2. The minimum absolute atomic E-state index is 0.0394. The molecule has 0 unspecified atom stereocenters. The lowest BCUT2D eigenvalue weighted by Gasteiger charge is -2.32. The van der Waals surface area contributed by atoms with Gasteiger partial charge in [0.25, 0.3) is 0 Å². The van der Waals surface area contributed by atoms with E-state index >= 15 is 0 Å². The molecule has 0 fully saturated rings. The number of benzene rings is 3. The topological polar surface area (TPSA) is 41.5 Å². The Balaban J connectivity index is 0.000000285. The molecule has 214 valence electrons. The van der Waals surface area contributed by atoms with Crippen LogP contribution in [0.5, 0.6) is 0 Å². The quantitative estimate of drug-likeness (QED) is 0.0860. The Hall–Kier alpha value is -2.39. The molecule has 3 aromatic rings. The van der Waals surface area contributed by atoms with E-state index in [2.05, 4.69) is 103 Å². The summed E-state index contributed by atoms with van der Waals surface area (Å²) in [6.45, 7) is 6.42. The fourth-order valence-electron chi connectivity index (χ4n) is 2.90. The molecule has 0 heterocycles. The van der Waals surface area contributed by atoms with Gasteiger partial charge in [0, 0.05) is 0 Å². The standard InChI is InChI=1S/C21H21S.C4HF9O3S/c1-16-4-10-19(11-5-16)22(20-12-6-17(2)7-13-20)21-14-8-18(3)9-15-21;5-1(6,3(9,10)11)2(7,8)4(12,13)17-16-15-14/h4-15H,1-3H3;14H/q+1;/p-1. The molecule has 0 atom stereocenters. The van der Waals surface area contributed by atoms with Crippen LogP contribution in [0.4, 0.5) is 39.5 Å². The van der Waals surface area contributed by atoms with E-state index in [-0.39, 0.29) is 10.9 Å². The van der Waals surface area contributed by atoms with Crippen LogP contribution in [0.2, 0.25) is 0 Å². The van der Waals surface area contributed by atoms with E-state index in [0.717, 1.165) is 0 Å². The van der Waals surface area contributed by atoms with Gasteiger partial charge in [0.05, 0.1) is 10.9 Å². The van der Waals surface area contributed by atoms with Crippen molar-refractivity contribution in [1.29, 1.82) is 0 Å². The first-order valence-corrected chi connectivity index (χ1v) is 12.7. The summed E-state index contributed by atoms with van der Waals surface area (Å²) in [5, 5.41) is 5.12. The molecule has 0 bridgehead atoms. The molecule has 0 aromatic heterocycles. The van der Waals surface area contributed by atoms with Gasteiger partial charge in [-0.3, -0.25) is 5.04 Å². The lowest BCUT2D eigenvalue weighted by molar-refractivity contribution is -0.777. The largest absolute Gasteiger partial charge is 0.691 e. The number of hydrogen-bond donors (Lipinski definition) is 0. The van der Waals surface area contributed by atoms with Crippen LogP contribution < -0.4 is 5.26 Å². The van der Waals surface area contributed by atoms with E-state index in [0.29, 0.717) is 0 Å². The highest BCUT2D eigenvalue weighted by molar-refractivity contribution is 7.97. The van der Waals surface area contributed by atoms with Gasteiger partial charge in [-0.1, -0.05) is 53.1 Å². The zero-order valence-corrected chi connectivity index (χ0v) is 22.0. The maximum atomic E-state index is 12.3. The average Bonchev–Trinajstić information content (AvgIpc) is 2.86. The fraction of sp³-hybridized carbons (Fsp3) is 0.280. The second-order valence-corrected chi connectivity index (χ2v) is 11.0. The van der Waals surface area contributed by atoms with Crippen LogP contribution in [0.1, 0.15) is 16.7 Å². The van der Waals surface area contributed by atoms with Gasteiger partial charge in [-0.15, -0.1) is 0 Å². The number of rotatable bonds is 8. The molecule has 0 aliphatic rings. The maximum absolute atomic E-state index is 12.3. The monoisotopic (exact) mass is 604 g/mol. The summed E-state index contributed by atoms with van der Waals surface area (Å²) in [5.74, 6) is -13.9. The second-order valence-electron chi connectivity index (χ2n) is 8.13. The van der Waals surface area contributed by atoms with Crippen LogP contribution in [-0.2, 0) is 20.3 Å². The van der Waals surface area contributed by atoms with Crippen molar-refractivity contribution in [2.45, 2.75) is 58.7 Å². The third kappa shape index (κ3) is 7.84. The number of alkyl halides is 9. The Labute approximate surface area is 225 Å². The Bertz CT molecular complexity index is 1080. The van der Waals surface area contributed by atoms with Crippen molar-refractivity contribution in [2.24, 2.45) is 0 Å². The smallest absolute Gasteiger partial charge is 0.460 e. The number of aryl methyl sites for hydroxylation is 3. The van der Waals surface area contributed by atoms with Gasteiger partial charge in [-0.2, -0.15) is 43.8 Å². The second kappa shape index (κ2) is 12.9. The van der Waals surface area contributed by atoms with Gasteiger partial charge in [-0.25, -0.2) is 0 Å². The molecule has 3 aromatic carbocycles. The zero-order chi connectivity index (χ0) is 29.6. The zero-order valence-electron chi connectivity index (χ0n) is 20.4. The third-order valence-electron chi connectivity index (χ3n) is 5.05. The van der Waals surface area contributed by atoms with Crippen LogP contribution in [0, 0.1) is 20.8 Å². The highest BCUT2D eigenvalue weighted by Crippen LogP contribution is 2.56. The molecule has 0 N–H and O–H groups in total. The number of halogens is 9. The highest BCUT2D eigenvalue weighted by Gasteiger charge is 2.82. The van der Waals surface area contributed by atoms with Gasteiger partial charge in [0.1, 0.15) is 12.0 Å². The minimum Gasteiger partial charge on any atom is -0.691 e. The molecule has 14 heteroatoms. The molecular formula is C25H21F9O3S2. The summed E-state index contributed by atoms with van der Waals surface area (Å²) in [7, 11) is -0.0394. The molecule has 39 heavy (non-hydrogen) atoms. The van der Waals surface area contributed by atoms with E-state index in [1.807, 2.05) is 0 Å². The van der Waals surface area contributed by atoms with Crippen LogP contribution >= 0.6 is 12.0 Å². The Morgan fingerprint density at radius 2 is 0.872 bits per heavy atom. The molecule has 0 aliphatic carbocycles. The summed E-state index contributed by atoms with van der Waals surface area (Å²) in [6.07, 6.45) is -6.92. The first kappa shape index (κ1) is 32.8. The molecule has 3 nitrogen and oxygen atoms in total. The van der Waals surface area contributed by atoms with Crippen molar-refractivity contribution in [3.8, 4) is 0 Å². The molecule has 0 amide bonds. The van der Waals surface area contributed by atoms with Crippen LogP contribution in [0.15, 0.2) is 87.5 Å². The molecular weight excluding hydrogens is 583 g/mol. The molecule has 3 rings (SSSR count). The normalized spacial score (nSPS) is 12.8. The summed E-state index contributed by atoms with van der Waals surface area (Å²) in [6, 6.07) is 26.8. The van der Waals surface area contributed by atoms with E-state index in [1.54, 1.807) is 0 Å². The van der Waals surface area contributed by atoms with Crippen molar-refractivity contribution in [3.05, 3.63) is 89.5 Å². The lowest BCUT2D eigenvalue weighted by Crippen LogP contribution is -2.59. The summed E-state index contributed by atoms with van der Waals surface area (Å²) in [5.41, 5.74) is 3.92. The van der Waals surface area contributed by atoms with Crippen LogP contribution in [0.25, 0.3) is 0 Å². The maximum Gasteiger partial charge on any atom is 0.460 e.